The maximum atomic E-state index is 11.7. The number of hydrogen-bond acceptors (Lipinski definition) is 4. The van der Waals surface area contributed by atoms with Crippen molar-refractivity contribution in [1.82, 2.24) is 0 Å². The lowest BCUT2D eigenvalue weighted by atomic mass is 10.1. The van der Waals surface area contributed by atoms with E-state index in [1.807, 2.05) is 13.8 Å². The summed E-state index contributed by atoms with van der Waals surface area (Å²) in [6.07, 6.45) is 1.05. The molecule has 17 heavy (non-hydrogen) atoms. The van der Waals surface area contributed by atoms with E-state index >= 15 is 0 Å². The van der Waals surface area contributed by atoms with Crippen LogP contribution < -0.4 is 0 Å². The Morgan fingerprint density at radius 3 is 1.41 bits per heavy atom. The monoisotopic (exact) mass is 242 g/mol. The van der Waals surface area contributed by atoms with Crippen molar-refractivity contribution in [3.63, 3.8) is 0 Å². The molecule has 0 spiro atoms. The third kappa shape index (κ3) is 6.76. The van der Waals surface area contributed by atoms with E-state index in [9.17, 15) is 9.59 Å². The van der Waals surface area contributed by atoms with Gasteiger partial charge in [0, 0.05) is 0 Å². The van der Waals surface area contributed by atoms with Gasteiger partial charge in [0.2, 0.25) is 0 Å². The lowest BCUT2D eigenvalue weighted by Gasteiger charge is -2.13. The third-order valence-electron chi connectivity index (χ3n) is 1.63. The smallest absolute Gasteiger partial charge is 0.345 e. The molecule has 0 radical (unpaired) electrons. The Morgan fingerprint density at radius 2 is 1.18 bits per heavy atom. The number of esters is 2. The molecule has 0 rings (SSSR count). The van der Waals surface area contributed by atoms with E-state index in [4.69, 9.17) is 9.47 Å². The second-order valence-electron chi connectivity index (χ2n) is 4.73. The molecule has 0 atom stereocenters. The summed E-state index contributed by atoms with van der Waals surface area (Å²) in [7, 11) is 0. The average molecular weight is 242 g/mol. The van der Waals surface area contributed by atoms with Crippen molar-refractivity contribution >= 4 is 11.9 Å². The zero-order chi connectivity index (χ0) is 13.6. The topological polar surface area (TPSA) is 52.6 Å². The van der Waals surface area contributed by atoms with Gasteiger partial charge in [-0.15, -0.1) is 0 Å². The summed E-state index contributed by atoms with van der Waals surface area (Å²) in [6, 6.07) is 0. The van der Waals surface area contributed by atoms with E-state index in [1.165, 1.54) is 0 Å². The minimum absolute atomic E-state index is 0.0256. The molecule has 0 aromatic carbocycles. The van der Waals surface area contributed by atoms with Crippen LogP contribution in [0.25, 0.3) is 0 Å². The maximum absolute atomic E-state index is 11.7. The van der Waals surface area contributed by atoms with Crippen LogP contribution >= 0.6 is 0 Å². The van der Waals surface area contributed by atoms with Gasteiger partial charge in [-0.3, -0.25) is 0 Å². The Hall–Kier alpha value is -1.32. The lowest BCUT2D eigenvalue weighted by molar-refractivity contribution is -0.151. The first-order valence-electron chi connectivity index (χ1n) is 5.87. The van der Waals surface area contributed by atoms with Crippen LogP contribution in [-0.2, 0) is 19.1 Å². The molecule has 0 aromatic rings. The minimum atomic E-state index is -0.626. The van der Waals surface area contributed by atoms with Gasteiger partial charge in [-0.2, -0.15) is 0 Å². The third-order valence-corrected chi connectivity index (χ3v) is 1.63. The maximum Gasteiger partial charge on any atom is 0.345 e. The highest BCUT2D eigenvalue weighted by molar-refractivity contribution is 6.14. The molecule has 0 amide bonds. The molecule has 0 fully saturated rings. The van der Waals surface area contributed by atoms with Crippen molar-refractivity contribution in [2.45, 2.75) is 53.8 Å². The zero-order valence-electron chi connectivity index (χ0n) is 11.4. The van der Waals surface area contributed by atoms with Crippen molar-refractivity contribution in [2.24, 2.45) is 5.92 Å². The van der Waals surface area contributed by atoms with E-state index in [1.54, 1.807) is 33.8 Å². The van der Waals surface area contributed by atoms with Crippen LogP contribution in [-0.4, -0.2) is 24.1 Å². The Labute approximate surface area is 103 Å². The number of carbonyl (C=O) groups excluding carboxylic acids is 2. The highest BCUT2D eigenvalue weighted by Crippen LogP contribution is 2.10. The quantitative estimate of drug-likeness (QED) is 0.321. The summed E-state index contributed by atoms with van der Waals surface area (Å²) >= 11 is 0. The van der Waals surface area contributed by atoms with Gasteiger partial charge < -0.3 is 9.47 Å². The van der Waals surface area contributed by atoms with Crippen LogP contribution in [0.1, 0.15) is 41.5 Å². The minimum Gasteiger partial charge on any atom is -0.459 e. The standard InChI is InChI=1S/C13H22O4/c1-8(2)7-11(12(14)16-9(3)4)13(15)17-10(5)6/h7-10H,1-6H3. The van der Waals surface area contributed by atoms with E-state index in [2.05, 4.69) is 0 Å². The van der Waals surface area contributed by atoms with Gasteiger partial charge in [-0.1, -0.05) is 19.9 Å². The summed E-state index contributed by atoms with van der Waals surface area (Å²) in [4.78, 5) is 23.4. The first-order chi connectivity index (χ1) is 7.73. The van der Waals surface area contributed by atoms with Crippen molar-refractivity contribution < 1.29 is 19.1 Å². The Bertz CT molecular complexity index is 277. The Morgan fingerprint density at radius 1 is 0.824 bits per heavy atom. The fourth-order valence-electron chi connectivity index (χ4n) is 1.11. The molecule has 0 aliphatic rings. The van der Waals surface area contributed by atoms with Crippen LogP contribution in [0.3, 0.4) is 0 Å². The van der Waals surface area contributed by atoms with Gasteiger partial charge in [0.25, 0.3) is 0 Å². The van der Waals surface area contributed by atoms with Crippen LogP contribution in [0, 0.1) is 5.92 Å². The average Bonchev–Trinajstić information content (AvgIpc) is 2.11. The molecular weight excluding hydrogens is 220 g/mol. The molecule has 0 N–H and O–H groups in total. The van der Waals surface area contributed by atoms with Crippen molar-refractivity contribution in [2.75, 3.05) is 0 Å². The molecule has 0 aliphatic carbocycles. The number of ether oxygens (including phenoxy) is 2. The molecule has 0 bridgehead atoms. The van der Waals surface area contributed by atoms with E-state index in [0.29, 0.717) is 0 Å². The van der Waals surface area contributed by atoms with Crippen molar-refractivity contribution in [3.8, 4) is 0 Å². The molecule has 4 heteroatoms. The molecule has 0 aliphatic heterocycles. The van der Waals surface area contributed by atoms with Gasteiger partial charge in [0.15, 0.2) is 0 Å². The summed E-state index contributed by atoms with van der Waals surface area (Å²) in [5.41, 5.74) is -0.0256. The number of rotatable bonds is 5. The highest BCUT2D eigenvalue weighted by atomic mass is 16.6. The second kappa shape index (κ2) is 7.09. The highest BCUT2D eigenvalue weighted by Gasteiger charge is 2.23. The van der Waals surface area contributed by atoms with Crippen LogP contribution in [0.4, 0.5) is 0 Å². The molecule has 0 heterocycles. The summed E-state index contributed by atoms with van der Waals surface area (Å²) in [5, 5.41) is 0. The number of carbonyl (C=O) groups is 2. The first kappa shape index (κ1) is 15.7. The Balaban J connectivity index is 4.89. The molecule has 98 valence electrons. The van der Waals surface area contributed by atoms with Crippen LogP contribution in [0.2, 0.25) is 0 Å². The summed E-state index contributed by atoms with van der Waals surface area (Å²) < 4.78 is 10.0. The fraction of sp³-hybridized carbons (Fsp3) is 0.692. The summed E-state index contributed by atoms with van der Waals surface area (Å²) in [6.45, 7) is 10.7. The fourth-order valence-corrected chi connectivity index (χ4v) is 1.11. The van der Waals surface area contributed by atoms with Gasteiger partial charge in [-0.05, 0) is 33.6 Å². The number of allylic oxidation sites excluding steroid dienone is 1. The predicted octanol–water partition coefficient (Wildman–Crippen LogP) is 2.47. The van der Waals surface area contributed by atoms with Crippen LogP contribution in [0.5, 0.6) is 0 Å². The van der Waals surface area contributed by atoms with Gasteiger partial charge in [0.05, 0.1) is 12.2 Å². The predicted molar refractivity (Wildman–Crippen MR) is 65.4 cm³/mol. The van der Waals surface area contributed by atoms with Gasteiger partial charge in [0.1, 0.15) is 5.57 Å². The molecular formula is C13H22O4. The number of hydrogen-bond donors (Lipinski definition) is 0. The first-order valence-corrected chi connectivity index (χ1v) is 5.87. The lowest BCUT2D eigenvalue weighted by Crippen LogP contribution is -2.23. The van der Waals surface area contributed by atoms with E-state index < -0.39 is 11.9 Å². The van der Waals surface area contributed by atoms with Crippen LogP contribution in [0.15, 0.2) is 11.6 Å². The van der Waals surface area contributed by atoms with Crippen molar-refractivity contribution in [1.29, 1.82) is 0 Å². The molecule has 0 saturated carbocycles. The van der Waals surface area contributed by atoms with Gasteiger partial charge in [-0.25, -0.2) is 9.59 Å². The second-order valence-corrected chi connectivity index (χ2v) is 4.73. The van der Waals surface area contributed by atoms with E-state index in [0.717, 1.165) is 0 Å². The normalized spacial score (nSPS) is 10.6. The zero-order valence-corrected chi connectivity index (χ0v) is 11.4. The SMILES string of the molecule is CC(C)C=C(C(=O)OC(C)C)C(=O)OC(C)C. The molecule has 0 unspecified atom stereocenters. The molecule has 0 saturated heterocycles. The van der Waals surface area contributed by atoms with Gasteiger partial charge >= 0.3 is 11.9 Å². The Kier molecular flexibility index (Phi) is 6.54. The molecule has 4 nitrogen and oxygen atoms in total. The largest absolute Gasteiger partial charge is 0.459 e. The summed E-state index contributed by atoms with van der Waals surface area (Å²) in [5.74, 6) is -1.18. The van der Waals surface area contributed by atoms with E-state index in [-0.39, 0.29) is 23.7 Å². The van der Waals surface area contributed by atoms with Crippen molar-refractivity contribution in [3.05, 3.63) is 11.6 Å². The molecule has 0 aromatic heterocycles.